The molecule has 2 nitrogen and oxygen atoms in total. The first-order valence-electron chi connectivity index (χ1n) is 6.50. The van der Waals surface area contributed by atoms with Gasteiger partial charge in [0.15, 0.2) is 0 Å². The summed E-state index contributed by atoms with van der Waals surface area (Å²) in [5, 5.41) is 3.66. The van der Waals surface area contributed by atoms with Crippen LogP contribution in [0.25, 0.3) is 0 Å². The smallest absolute Gasteiger partial charge is 0.0570 e. The third-order valence-corrected chi connectivity index (χ3v) is 3.53. The van der Waals surface area contributed by atoms with Gasteiger partial charge in [0.05, 0.1) is 5.69 Å². The molecule has 88 valence electrons. The van der Waals surface area contributed by atoms with Crippen LogP contribution in [0.3, 0.4) is 0 Å². The second-order valence-corrected chi connectivity index (χ2v) is 4.84. The lowest BCUT2D eigenvalue weighted by atomic mass is 10.1. The quantitative estimate of drug-likeness (QED) is 0.788. The average Bonchev–Trinajstić information content (AvgIpc) is 2.56. The molecule has 0 aromatic carbocycles. The Morgan fingerprint density at radius 2 is 2.00 bits per heavy atom. The second-order valence-electron chi connectivity index (χ2n) is 4.84. The van der Waals surface area contributed by atoms with E-state index in [1.165, 1.54) is 49.8 Å². The van der Waals surface area contributed by atoms with Crippen molar-refractivity contribution in [3.63, 3.8) is 0 Å². The predicted molar refractivity (Wildman–Crippen MR) is 67.3 cm³/mol. The summed E-state index contributed by atoms with van der Waals surface area (Å²) >= 11 is 0. The Labute approximate surface area is 98.5 Å². The third kappa shape index (κ3) is 3.31. The highest BCUT2D eigenvalue weighted by atomic mass is 14.9. The molecule has 16 heavy (non-hydrogen) atoms. The van der Waals surface area contributed by atoms with Gasteiger partial charge in [-0.25, -0.2) is 0 Å². The van der Waals surface area contributed by atoms with Crippen LogP contribution in [0.2, 0.25) is 0 Å². The monoisotopic (exact) mass is 218 g/mol. The van der Waals surface area contributed by atoms with Crippen molar-refractivity contribution in [1.29, 1.82) is 0 Å². The van der Waals surface area contributed by atoms with E-state index in [2.05, 4.69) is 23.3 Å². The van der Waals surface area contributed by atoms with Crippen LogP contribution in [0.5, 0.6) is 0 Å². The molecule has 0 unspecified atom stereocenters. The number of nitrogens with zero attached hydrogens (tertiary/aromatic N) is 1. The number of hydrogen-bond acceptors (Lipinski definition) is 2. The van der Waals surface area contributed by atoms with E-state index in [9.17, 15) is 0 Å². The molecule has 0 amide bonds. The molecule has 1 aliphatic carbocycles. The third-order valence-electron chi connectivity index (χ3n) is 3.53. The van der Waals surface area contributed by atoms with E-state index < -0.39 is 0 Å². The molecule has 2 rings (SSSR count). The molecule has 0 atom stereocenters. The Hall–Kier alpha value is -0.890. The molecular weight excluding hydrogens is 196 g/mol. The van der Waals surface area contributed by atoms with E-state index in [1.807, 2.05) is 12.3 Å². The lowest BCUT2D eigenvalue weighted by molar-refractivity contribution is 0.455. The number of hydrogen-bond donors (Lipinski definition) is 1. The molecule has 1 aromatic rings. The Kier molecular flexibility index (Phi) is 4.34. The lowest BCUT2D eigenvalue weighted by Gasteiger charge is -2.16. The van der Waals surface area contributed by atoms with Gasteiger partial charge in [-0.1, -0.05) is 31.7 Å². The molecule has 0 saturated heterocycles. The molecule has 1 fully saturated rings. The maximum Gasteiger partial charge on any atom is 0.0570 e. The van der Waals surface area contributed by atoms with Gasteiger partial charge < -0.3 is 5.32 Å². The van der Waals surface area contributed by atoms with Gasteiger partial charge in [0, 0.05) is 18.8 Å². The molecule has 1 heterocycles. The van der Waals surface area contributed by atoms with Crippen LogP contribution < -0.4 is 5.32 Å². The lowest BCUT2D eigenvalue weighted by Crippen LogP contribution is -2.28. The van der Waals surface area contributed by atoms with Crippen molar-refractivity contribution >= 4 is 0 Å². The molecule has 1 saturated carbocycles. The van der Waals surface area contributed by atoms with Crippen molar-refractivity contribution in [2.24, 2.45) is 0 Å². The molecule has 1 N–H and O–H groups in total. The van der Waals surface area contributed by atoms with Gasteiger partial charge in [0.25, 0.3) is 0 Å². The average molecular weight is 218 g/mol. The summed E-state index contributed by atoms with van der Waals surface area (Å²) in [6, 6.07) is 4.85. The summed E-state index contributed by atoms with van der Waals surface area (Å²) in [7, 11) is 0. The van der Waals surface area contributed by atoms with Crippen molar-refractivity contribution in [3.05, 3.63) is 29.6 Å². The van der Waals surface area contributed by atoms with Crippen LogP contribution in [0.15, 0.2) is 18.3 Å². The van der Waals surface area contributed by atoms with Crippen molar-refractivity contribution < 1.29 is 0 Å². The standard InChI is InChI=1S/C14H22N2/c1-12-7-6-10-15-14(12)11-16-13-8-4-2-3-5-9-13/h6-7,10,13,16H,2-5,8-9,11H2,1H3. The van der Waals surface area contributed by atoms with Crippen LogP contribution >= 0.6 is 0 Å². The number of aryl methyl sites for hydroxylation is 1. The van der Waals surface area contributed by atoms with Crippen LogP contribution in [0.4, 0.5) is 0 Å². The van der Waals surface area contributed by atoms with Crippen molar-refractivity contribution in [3.8, 4) is 0 Å². The van der Waals surface area contributed by atoms with Crippen LogP contribution in [-0.2, 0) is 6.54 Å². The van der Waals surface area contributed by atoms with Gasteiger partial charge in [-0.2, -0.15) is 0 Å². The van der Waals surface area contributed by atoms with E-state index in [0.717, 1.165) is 6.54 Å². The minimum atomic E-state index is 0.712. The topological polar surface area (TPSA) is 24.9 Å². The first kappa shape index (κ1) is 11.6. The van der Waals surface area contributed by atoms with Gasteiger partial charge in [-0.3, -0.25) is 4.98 Å². The number of aromatic nitrogens is 1. The summed E-state index contributed by atoms with van der Waals surface area (Å²) < 4.78 is 0. The van der Waals surface area contributed by atoms with Gasteiger partial charge in [0.1, 0.15) is 0 Å². The number of pyridine rings is 1. The fourth-order valence-corrected chi connectivity index (χ4v) is 2.43. The Morgan fingerprint density at radius 3 is 2.69 bits per heavy atom. The zero-order valence-electron chi connectivity index (χ0n) is 10.2. The normalized spacial score (nSPS) is 18.3. The SMILES string of the molecule is Cc1cccnc1CNC1CCCCCC1. The molecule has 2 heteroatoms. The van der Waals surface area contributed by atoms with Gasteiger partial charge in [-0.15, -0.1) is 0 Å². The molecule has 0 aliphatic heterocycles. The number of rotatable bonds is 3. The fraction of sp³-hybridized carbons (Fsp3) is 0.643. The van der Waals surface area contributed by atoms with E-state index in [4.69, 9.17) is 0 Å². The minimum Gasteiger partial charge on any atom is -0.308 e. The first-order chi connectivity index (χ1) is 7.86. The minimum absolute atomic E-state index is 0.712. The zero-order chi connectivity index (χ0) is 11.2. The summed E-state index contributed by atoms with van der Waals surface area (Å²) in [5.74, 6) is 0. The second kappa shape index (κ2) is 6.00. The molecule has 1 aromatic heterocycles. The Morgan fingerprint density at radius 1 is 1.25 bits per heavy atom. The Bertz CT molecular complexity index is 314. The Balaban J connectivity index is 1.84. The molecular formula is C14H22N2. The van der Waals surface area contributed by atoms with E-state index in [1.54, 1.807) is 0 Å². The van der Waals surface area contributed by atoms with Gasteiger partial charge in [0.2, 0.25) is 0 Å². The summed E-state index contributed by atoms with van der Waals surface area (Å²) in [4.78, 5) is 4.42. The highest BCUT2D eigenvalue weighted by Crippen LogP contribution is 2.17. The van der Waals surface area contributed by atoms with Crippen molar-refractivity contribution in [2.45, 2.75) is 58.0 Å². The predicted octanol–water partition coefficient (Wildman–Crippen LogP) is 3.20. The van der Waals surface area contributed by atoms with E-state index in [-0.39, 0.29) is 0 Å². The maximum absolute atomic E-state index is 4.42. The maximum atomic E-state index is 4.42. The van der Waals surface area contributed by atoms with E-state index in [0.29, 0.717) is 6.04 Å². The largest absolute Gasteiger partial charge is 0.308 e. The van der Waals surface area contributed by atoms with Crippen LogP contribution in [0, 0.1) is 6.92 Å². The van der Waals surface area contributed by atoms with Crippen molar-refractivity contribution in [2.75, 3.05) is 0 Å². The van der Waals surface area contributed by atoms with Crippen LogP contribution in [0.1, 0.15) is 49.8 Å². The first-order valence-corrected chi connectivity index (χ1v) is 6.50. The zero-order valence-corrected chi connectivity index (χ0v) is 10.2. The highest BCUT2D eigenvalue weighted by Gasteiger charge is 2.11. The summed E-state index contributed by atoms with van der Waals surface area (Å²) in [6.07, 6.45) is 10.2. The molecule has 1 aliphatic rings. The summed E-state index contributed by atoms with van der Waals surface area (Å²) in [5.41, 5.74) is 2.50. The molecule has 0 bridgehead atoms. The van der Waals surface area contributed by atoms with Gasteiger partial charge in [-0.05, 0) is 31.4 Å². The number of nitrogens with one attached hydrogen (secondary N) is 1. The summed E-state index contributed by atoms with van der Waals surface area (Å²) in [6.45, 7) is 3.06. The highest BCUT2D eigenvalue weighted by molar-refractivity contribution is 5.17. The molecule has 0 spiro atoms. The van der Waals surface area contributed by atoms with Gasteiger partial charge >= 0.3 is 0 Å². The van der Waals surface area contributed by atoms with Crippen molar-refractivity contribution in [1.82, 2.24) is 10.3 Å². The fourth-order valence-electron chi connectivity index (χ4n) is 2.43. The molecule has 0 radical (unpaired) electrons. The van der Waals surface area contributed by atoms with E-state index >= 15 is 0 Å². The van der Waals surface area contributed by atoms with Crippen LogP contribution in [-0.4, -0.2) is 11.0 Å².